The van der Waals surface area contributed by atoms with Crippen LogP contribution < -0.4 is 5.32 Å². The highest BCUT2D eigenvalue weighted by molar-refractivity contribution is 4.83. The molecule has 1 saturated heterocycles. The molecule has 0 aliphatic carbocycles. The minimum Gasteiger partial charge on any atom is -0.375 e. The van der Waals surface area contributed by atoms with Crippen molar-refractivity contribution in [2.75, 3.05) is 39.8 Å². The molecule has 1 aliphatic rings. The number of ether oxygens (including phenoxy) is 1. The number of likely N-dealkylation sites (tertiary alicyclic amines) is 1. The summed E-state index contributed by atoms with van der Waals surface area (Å²) in [6.45, 7) is 14.1. The maximum Gasteiger partial charge on any atom is 0.0599 e. The fraction of sp³-hybridized carbons (Fsp3) is 1.00. The lowest BCUT2D eigenvalue weighted by Gasteiger charge is -2.38. The first-order valence-electron chi connectivity index (χ1n) is 6.84. The zero-order chi connectivity index (χ0) is 12.9. The summed E-state index contributed by atoms with van der Waals surface area (Å²) in [6.07, 6.45) is 2.60. The number of nitrogens with zero attached hydrogens (tertiary/aromatic N) is 1. The van der Waals surface area contributed by atoms with E-state index in [9.17, 15) is 0 Å². The minimum absolute atomic E-state index is 0.0147. The van der Waals surface area contributed by atoms with Gasteiger partial charge in [-0.05, 0) is 59.2 Å². The molecule has 1 heterocycles. The van der Waals surface area contributed by atoms with E-state index in [0.29, 0.717) is 5.41 Å². The predicted octanol–water partition coefficient (Wildman–Crippen LogP) is 2.12. The summed E-state index contributed by atoms with van der Waals surface area (Å²) in [7, 11) is 2.21. The Kier molecular flexibility index (Phi) is 5.42. The standard InChI is InChI=1S/C14H30N2O/c1-13(2,3)17-11-8-15-12-14(4)6-9-16(5)10-7-14/h15H,6-12H2,1-5H3. The van der Waals surface area contributed by atoms with Crippen molar-refractivity contribution in [2.24, 2.45) is 5.41 Å². The third-order valence-corrected chi connectivity index (χ3v) is 3.56. The fourth-order valence-corrected chi connectivity index (χ4v) is 2.15. The Labute approximate surface area is 107 Å². The van der Waals surface area contributed by atoms with Crippen molar-refractivity contribution in [1.82, 2.24) is 10.2 Å². The molecule has 0 aromatic carbocycles. The average molecular weight is 242 g/mol. The topological polar surface area (TPSA) is 24.5 Å². The lowest BCUT2D eigenvalue weighted by atomic mass is 9.80. The molecule has 102 valence electrons. The van der Waals surface area contributed by atoms with Crippen LogP contribution >= 0.6 is 0 Å². The molecule has 0 saturated carbocycles. The Hall–Kier alpha value is -0.120. The Morgan fingerprint density at radius 3 is 2.35 bits per heavy atom. The average Bonchev–Trinajstić information content (AvgIpc) is 2.21. The van der Waals surface area contributed by atoms with Crippen molar-refractivity contribution >= 4 is 0 Å². The molecule has 17 heavy (non-hydrogen) atoms. The SMILES string of the molecule is CN1CCC(C)(CNCCOC(C)(C)C)CC1. The zero-order valence-electron chi connectivity index (χ0n) is 12.3. The maximum absolute atomic E-state index is 5.70. The highest BCUT2D eigenvalue weighted by Gasteiger charge is 2.28. The van der Waals surface area contributed by atoms with Crippen LogP contribution in [0.15, 0.2) is 0 Å². The van der Waals surface area contributed by atoms with Gasteiger partial charge in [0, 0.05) is 13.1 Å². The maximum atomic E-state index is 5.70. The van der Waals surface area contributed by atoms with Gasteiger partial charge >= 0.3 is 0 Å². The van der Waals surface area contributed by atoms with Gasteiger partial charge in [-0.25, -0.2) is 0 Å². The quantitative estimate of drug-likeness (QED) is 0.747. The number of rotatable bonds is 5. The lowest BCUT2D eigenvalue weighted by molar-refractivity contribution is -0.00197. The third-order valence-electron chi connectivity index (χ3n) is 3.56. The Balaban J connectivity index is 2.10. The van der Waals surface area contributed by atoms with Crippen LogP contribution in [0.1, 0.15) is 40.5 Å². The molecule has 0 unspecified atom stereocenters. The molecular weight excluding hydrogens is 212 g/mol. The molecule has 0 radical (unpaired) electrons. The van der Waals surface area contributed by atoms with Crippen molar-refractivity contribution in [3.8, 4) is 0 Å². The summed E-state index contributed by atoms with van der Waals surface area (Å²) in [6, 6.07) is 0. The van der Waals surface area contributed by atoms with Gasteiger partial charge in [-0.3, -0.25) is 0 Å². The van der Waals surface area contributed by atoms with Gasteiger partial charge in [0.2, 0.25) is 0 Å². The van der Waals surface area contributed by atoms with E-state index < -0.39 is 0 Å². The molecule has 3 nitrogen and oxygen atoms in total. The van der Waals surface area contributed by atoms with E-state index in [1.54, 1.807) is 0 Å². The predicted molar refractivity (Wildman–Crippen MR) is 73.4 cm³/mol. The molecule has 0 amide bonds. The molecule has 0 atom stereocenters. The van der Waals surface area contributed by atoms with Crippen LogP contribution in [0, 0.1) is 5.41 Å². The molecule has 1 aliphatic heterocycles. The van der Waals surface area contributed by atoms with E-state index >= 15 is 0 Å². The van der Waals surface area contributed by atoms with Gasteiger partial charge < -0.3 is 15.0 Å². The van der Waals surface area contributed by atoms with Gasteiger partial charge in [-0.2, -0.15) is 0 Å². The van der Waals surface area contributed by atoms with Crippen LogP contribution in [0.25, 0.3) is 0 Å². The van der Waals surface area contributed by atoms with Crippen molar-refractivity contribution < 1.29 is 4.74 Å². The van der Waals surface area contributed by atoms with Gasteiger partial charge in [0.25, 0.3) is 0 Å². The second kappa shape index (κ2) is 6.17. The third kappa shape index (κ3) is 6.39. The van der Waals surface area contributed by atoms with E-state index in [1.807, 2.05) is 0 Å². The molecule has 0 bridgehead atoms. The number of hydrogen-bond acceptors (Lipinski definition) is 3. The number of piperidine rings is 1. The number of hydrogen-bond donors (Lipinski definition) is 1. The smallest absolute Gasteiger partial charge is 0.0599 e. The molecule has 1 rings (SSSR count). The summed E-state index contributed by atoms with van der Waals surface area (Å²) in [4.78, 5) is 2.42. The van der Waals surface area contributed by atoms with Gasteiger partial charge in [-0.1, -0.05) is 6.92 Å². The van der Waals surface area contributed by atoms with Crippen LogP contribution in [0.4, 0.5) is 0 Å². The van der Waals surface area contributed by atoms with E-state index in [2.05, 4.69) is 45.0 Å². The molecule has 1 N–H and O–H groups in total. The summed E-state index contributed by atoms with van der Waals surface area (Å²) in [5.74, 6) is 0. The van der Waals surface area contributed by atoms with Crippen molar-refractivity contribution in [2.45, 2.75) is 46.1 Å². The molecular formula is C14H30N2O. The monoisotopic (exact) mass is 242 g/mol. The molecule has 3 heteroatoms. The van der Waals surface area contributed by atoms with Crippen LogP contribution in [-0.4, -0.2) is 50.3 Å². The van der Waals surface area contributed by atoms with Gasteiger partial charge in [-0.15, -0.1) is 0 Å². The summed E-state index contributed by atoms with van der Waals surface area (Å²) >= 11 is 0. The van der Waals surface area contributed by atoms with Crippen LogP contribution in [0.2, 0.25) is 0 Å². The van der Waals surface area contributed by atoms with Crippen molar-refractivity contribution in [3.63, 3.8) is 0 Å². The van der Waals surface area contributed by atoms with E-state index in [1.165, 1.54) is 25.9 Å². The van der Waals surface area contributed by atoms with Crippen LogP contribution in [-0.2, 0) is 4.74 Å². The lowest BCUT2D eigenvalue weighted by Crippen LogP contribution is -2.42. The fourth-order valence-electron chi connectivity index (χ4n) is 2.15. The Bertz CT molecular complexity index is 215. The zero-order valence-corrected chi connectivity index (χ0v) is 12.3. The molecule has 0 spiro atoms. The van der Waals surface area contributed by atoms with Crippen LogP contribution in [0.3, 0.4) is 0 Å². The van der Waals surface area contributed by atoms with Crippen LogP contribution in [0.5, 0.6) is 0 Å². The van der Waals surface area contributed by atoms with E-state index in [-0.39, 0.29) is 5.60 Å². The highest BCUT2D eigenvalue weighted by Crippen LogP contribution is 2.29. The van der Waals surface area contributed by atoms with Gasteiger partial charge in [0.05, 0.1) is 12.2 Å². The normalized spacial score (nSPS) is 21.7. The first-order valence-corrected chi connectivity index (χ1v) is 6.84. The first kappa shape index (κ1) is 14.9. The molecule has 1 fully saturated rings. The summed E-state index contributed by atoms with van der Waals surface area (Å²) in [5.41, 5.74) is 0.466. The summed E-state index contributed by atoms with van der Waals surface area (Å²) in [5, 5.41) is 3.54. The Morgan fingerprint density at radius 1 is 1.24 bits per heavy atom. The van der Waals surface area contributed by atoms with E-state index in [4.69, 9.17) is 4.74 Å². The highest BCUT2D eigenvalue weighted by atomic mass is 16.5. The Morgan fingerprint density at radius 2 is 1.82 bits per heavy atom. The minimum atomic E-state index is -0.0147. The van der Waals surface area contributed by atoms with Crippen molar-refractivity contribution in [3.05, 3.63) is 0 Å². The van der Waals surface area contributed by atoms with Gasteiger partial charge in [0.15, 0.2) is 0 Å². The second-order valence-electron chi connectivity index (χ2n) is 6.75. The van der Waals surface area contributed by atoms with E-state index in [0.717, 1.165) is 19.7 Å². The first-order chi connectivity index (χ1) is 7.81. The summed E-state index contributed by atoms with van der Waals surface area (Å²) < 4.78 is 5.70. The molecule has 0 aromatic rings. The number of nitrogens with one attached hydrogen (secondary N) is 1. The largest absolute Gasteiger partial charge is 0.375 e. The molecule has 0 aromatic heterocycles. The van der Waals surface area contributed by atoms with Gasteiger partial charge in [0.1, 0.15) is 0 Å². The van der Waals surface area contributed by atoms with Crippen molar-refractivity contribution in [1.29, 1.82) is 0 Å². The second-order valence-corrected chi connectivity index (χ2v) is 6.75.